The summed E-state index contributed by atoms with van der Waals surface area (Å²) in [5, 5.41) is 15.9. The molecule has 0 bridgehead atoms. The van der Waals surface area contributed by atoms with Gasteiger partial charge in [-0.2, -0.15) is 0 Å². The van der Waals surface area contributed by atoms with Crippen molar-refractivity contribution in [2.75, 3.05) is 11.9 Å². The van der Waals surface area contributed by atoms with Gasteiger partial charge in [-0.15, -0.1) is 11.3 Å². The molecule has 0 radical (unpaired) electrons. The fourth-order valence-electron chi connectivity index (χ4n) is 2.02. The van der Waals surface area contributed by atoms with Crippen LogP contribution >= 0.6 is 11.3 Å². The van der Waals surface area contributed by atoms with Crippen LogP contribution in [0.4, 0.5) is 5.13 Å². The first kappa shape index (κ1) is 10.9. The van der Waals surface area contributed by atoms with Crippen LogP contribution in [0, 0.1) is 5.92 Å². The maximum atomic E-state index is 9.40. The van der Waals surface area contributed by atoms with Crippen LogP contribution in [-0.2, 0) is 6.42 Å². The molecular weight excluding hydrogens is 208 g/mol. The normalized spacial score (nSPS) is 25.7. The standard InChI is InChI=1S/C11H18N2OS/c1-2-9-7-15-11(13-9)12-6-8-3-4-10(14)5-8/h7-8,10,14H,2-6H2,1H3,(H,12,13). The first-order chi connectivity index (χ1) is 7.28. The van der Waals surface area contributed by atoms with Crippen LogP contribution < -0.4 is 5.32 Å². The Morgan fingerprint density at radius 2 is 2.47 bits per heavy atom. The molecule has 2 rings (SSSR count). The lowest BCUT2D eigenvalue weighted by Crippen LogP contribution is -2.12. The molecule has 1 aliphatic rings. The van der Waals surface area contributed by atoms with E-state index in [-0.39, 0.29) is 6.10 Å². The molecule has 2 unspecified atom stereocenters. The number of hydrogen-bond donors (Lipinski definition) is 2. The summed E-state index contributed by atoms with van der Waals surface area (Å²) in [6.45, 7) is 3.07. The van der Waals surface area contributed by atoms with Gasteiger partial charge in [0.2, 0.25) is 0 Å². The monoisotopic (exact) mass is 226 g/mol. The molecule has 15 heavy (non-hydrogen) atoms. The number of rotatable bonds is 4. The summed E-state index contributed by atoms with van der Waals surface area (Å²) in [7, 11) is 0. The fourth-order valence-corrected chi connectivity index (χ4v) is 2.82. The van der Waals surface area contributed by atoms with Crippen LogP contribution in [-0.4, -0.2) is 22.7 Å². The molecule has 84 valence electrons. The van der Waals surface area contributed by atoms with Gasteiger partial charge in [0.05, 0.1) is 11.8 Å². The molecule has 1 fully saturated rings. The summed E-state index contributed by atoms with van der Waals surface area (Å²) < 4.78 is 0. The van der Waals surface area contributed by atoms with E-state index in [1.54, 1.807) is 11.3 Å². The lowest BCUT2D eigenvalue weighted by molar-refractivity contribution is 0.178. The van der Waals surface area contributed by atoms with Crippen LogP contribution in [0.5, 0.6) is 0 Å². The number of thiazole rings is 1. The number of anilines is 1. The lowest BCUT2D eigenvalue weighted by atomic mass is 10.1. The first-order valence-electron chi connectivity index (χ1n) is 5.64. The van der Waals surface area contributed by atoms with Crippen LogP contribution in [0.15, 0.2) is 5.38 Å². The molecule has 1 aliphatic carbocycles. The molecule has 1 heterocycles. The van der Waals surface area contributed by atoms with Crippen LogP contribution in [0.3, 0.4) is 0 Å². The first-order valence-corrected chi connectivity index (χ1v) is 6.52. The zero-order chi connectivity index (χ0) is 10.7. The molecule has 1 aromatic rings. The van der Waals surface area contributed by atoms with Crippen LogP contribution in [0.1, 0.15) is 31.9 Å². The molecular formula is C11H18N2OS. The third kappa shape index (κ3) is 2.92. The lowest BCUT2D eigenvalue weighted by Gasteiger charge is -2.09. The van der Waals surface area contributed by atoms with Crippen molar-refractivity contribution in [1.82, 2.24) is 4.98 Å². The largest absolute Gasteiger partial charge is 0.393 e. The van der Waals surface area contributed by atoms with Crippen molar-refractivity contribution >= 4 is 16.5 Å². The Bertz CT molecular complexity index is 313. The molecule has 4 heteroatoms. The molecule has 2 N–H and O–H groups in total. The van der Waals surface area contributed by atoms with E-state index < -0.39 is 0 Å². The molecule has 0 aromatic carbocycles. The third-order valence-electron chi connectivity index (χ3n) is 2.97. The summed E-state index contributed by atoms with van der Waals surface area (Å²) in [6.07, 6.45) is 3.98. The number of nitrogens with zero attached hydrogens (tertiary/aromatic N) is 1. The second-order valence-electron chi connectivity index (χ2n) is 4.21. The zero-order valence-electron chi connectivity index (χ0n) is 9.07. The van der Waals surface area contributed by atoms with E-state index >= 15 is 0 Å². The predicted molar refractivity (Wildman–Crippen MR) is 63.3 cm³/mol. The second-order valence-corrected chi connectivity index (χ2v) is 5.07. The minimum Gasteiger partial charge on any atom is -0.393 e. The van der Waals surface area contributed by atoms with Crippen LogP contribution in [0.25, 0.3) is 0 Å². The van der Waals surface area contributed by atoms with E-state index in [0.29, 0.717) is 5.92 Å². The average molecular weight is 226 g/mol. The summed E-state index contributed by atoms with van der Waals surface area (Å²) in [5.74, 6) is 0.619. The van der Waals surface area contributed by atoms with Gasteiger partial charge in [0, 0.05) is 11.9 Å². The minimum absolute atomic E-state index is 0.0701. The Labute approximate surface area is 94.5 Å². The van der Waals surface area contributed by atoms with E-state index in [2.05, 4.69) is 22.6 Å². The topological polar surface area (TPSA) is 45.1 Å². The van der Waals surface area contributed by atoms with Gasteiger partial charge in [0.15, 0.2) is 5.13 Å². The molecule has 0 aliphatic heterocycles. The van der Waals surface area contributed by atoms with E-state index in [1.807, 2.05) is 0 Å². The molecule has 1 aromatic heterocycles. The van der Waals surface area contributed by atoms with Crippen molar-refractivity contribution in [2.24, 2.45) is 5.92 Å². The van der Waals surface area contributed by atoms with Crippen molar-refractivity contribution in [3.8, 4) is 0 Å². The summed E-state index contributed by atoms with van der Waals surface area (Å²) in [6, 6.07) is 0. The van der Waals surface area contributed by atoms with Gasteiger partial charge in [0.1, 0.15) is 0 Å². The third-order valence-corrected chi connectivity index (χ3v) is 3.82. The number of aryl methyl sites for hydroxylation is 1. The number of hydrogen-bond acceptors (Lipinski definition) is 4. The quantitative estimate of drug-likeness (QED) is 0.828. The number of aliphatic hydroxyl groups excluding tert-OH is 1. The highest BCUT2D eigenvalue weighted by Crippen LogP contribution is 2.26. The van der Waals surface area contributed by atoms with Gasteiger partial charge < -0.3 is 10.4 Å². The maximum Gasteiger partial charge on any atom is 0.182 e. The smallest absolute Gasteiger partial charge is 0.182 e. The van der Waals surface area contributed by atoms with Crippen molar-refractivity contribution in [2.45, 2.75) is 38.7 Å². The highest BCUT2D eigenvalue weighted by Gasteiger charge is 2.22. The Morgan fingerprint density at radius 3 is 3.07 bits per heavy atom. The Balaban J connectivity index is 1.77. The van der Waals surface area contributed by atoms with Crippen LogP contribution in [0.2, 0.25) is 0 Å². The predicted octanol–water partition coefficient (Wildman–Crippen LogP) is 2.28. The van der Waals surface area contributed by atoms with Gasteiger partial charge in [-0.3, -0.25) is 0 Å². The summed E-state index contributed by atoms with van der Waals surface area (Å²) in [5.41, 5.74) is 1.16. The number of nitrogens with one attached hydrogen (secondary N) is 1. The van der Waals surface area contributed by atoms with Gasteiger partial charge >= 0.3 is 0 Å². The highest BCUT2D eigenvalue weighted by atomic mass is 32.1. The molecule has 0 saturated heterocycles. The highest BCUT2D eigenvalue weighted by molar-refractivity contribution is 7.13. The average Bonchev–Trinajstić information content (AvgIpc) is 2.83. The molecule has 1 saturated carbocycles. The molecule has 0 amide bonds. The van der Waals surface area contributed by atoms with Gasteiger partial charge in [-0.1, -0.05) is 6.92 Å². The molecule has 0 spiro atoms. The number of aliphatic hydroxyl groups is 1. The summed E-state index contributed by atoms with van der Waals surface area (Å²) >= 11 is 1.67. The van der Waals surface area contributed by atoms with Crippen molar-refractivity contribution in [3.63, 3.8) is 0 Å². The Morgan fingerprint density at radius 1 is 1.60 bits per heavy atom. The van der Waals surface area contributed by atoms with E-state index in [9.17, 15) is 5.11 Å². The summed E-state index contributed by atoms with van der Waals surface area (Å²) in [4.78, 5) is 4.45. The Hall–Kier alpha value is -0.610. The van der Waals surface area contributed by atoms with E-state index in [0.717, 1.165) is 43.1 Å². The van der Waals surface area contributed by atoms with Gasteiger partial charge in [-0.05, 0) is 31.6 Å². The molecule has 2 atom stereocenters. The van der Waals surface area contributed by atoms with Crippen molar-refractivity contribution in [1.29, 1.82) is 0 Å². The van der Waals surface area contributed by atoms with Crippen molar-refractivity contribution in [3.05, 3.63) is 11.1 Å². The molecule has 3 nitrogen and oxygen atoms in total. The SMILES string of the molecule is CCc1csc(NCC2CCC(O)C2)n1. The minimum atomic E-state index is -0.0701. The second kappa shape index (κ2) is 4.94. The van der Waals surface area contributed by atoms with Gasteiger partial charge in [0.25, 0.3) is 0 Å². The Kier molecular flexibility index (Phi) is 3.59. The van der Waals surface area contributed by atoms with E-state index in [4.69, 9.17) is 0 Å². The fraction of sp³-hybridized carbons (Fsp3) is 0.727. The maximum absolute atomic E-state index is 9.40. The zero-order valence-corrected chi connectivity index (χ0v) is 9.89. The van der Waals surface area contributed by atoms with Crippen molar-refractivity contribution < 1.29 is 5.11 Å². The van der Waals surface area contributed by atoms with Gasteiger partial charge in [-0.25, -0.2) is 4.98 Å². The van der Waals surface area contributed by atoms with E-state index in [1.165, 1.54) is 0 Å². The number of aromatic nitrogens is 1.